The number of esters is 1. The second-order valence-electron chi connectivity index (χ2n) is 3.84. The molecule has 0 saturated heterocycles. The summed E-state index contributed by atoms with van der Waals surface area (Å²) in [6, 6.07) is 7.21. The van der Waals surface area contributed by atoms with Crippen LogP contribution < -0.4 is 10.5 Å². The normalized spacial score (nSPS) is 11.9. The lowest BCUT2D eigenvalue weighted by Crippen LogP contribution is -2.32. The number of carbonyl (C=O) groups is 1. The molecule has 0 aromatic heterocycles. The highest BCUT2D eigenvalue weighted by Crippen LogP contribution is 2.18. The zero-order valence-electron chi connectivity index (χ0n) is 10.8. The van der Waals surface area contributed by atoms with Crippen molar-refractivity contribution in [3.05, 3.63) is 28.7 Å². The van der Waals surface area contributed by atoms with Crippen molar-refractivity contribution < 1.29 is 14.3 Å². The summed E-state index contributed by atoms with van der Waals surface area (Å²) in [7, 11) is 1.35. The topological polar surface area (TPSA) is 61.5 Å². The van der Waals surface area contributed by atoms with Crippen LogP contribution in [0.2, 0.25) is 0 Å². The van der Waals surface area contributed by atoms with Crippen molar-refractivity contribution in [2.45, 2.75) is 12.5 Å². The van der Waals surface area contributed by atoms with Crippen molar-refractivity contribution in [2.24, 2.45) is 5.73 Å². The van der Waals surface area contributed by atoms with E-state index in [1.54, 1.807) is 11.8 Å². The van der Waals surface area contributed by atoms with E-state index in [0.29, 0.717) is 13.0 Å². The minimum absolute atomic E-state index is 0.356. The first-order valence-corrected chi connectivity index (χ1v) is 7.87. The third-order valence-corrected chi connectivity index (χ3v) is 3.84. The fourth-order valence-electron chi connectivity index (χ4n) is 1.36. The molecule has 1 atom stereocenters. The highest BCUT2D eigenvalue weighted by Gasteiger charge is 2.12. The highest BCUT2D eigenvalue weighted by molar-refractivity contribution is 9.10. The summed E-state index contributed by atoms with van der Waals surface area (Å²) in [4.78, 5) is 11.1. The third kappa shape index (κ3) is 6.84. The smallest absolute Gasteiger partial charge is 0.322 e. The number of hydrogen-bond donors (Lipinski definition) is 1. The molecule has 19 heavy (non-hydrogen) atoms. The molecule has 6 heteroatoms. The average Bonchev–Trinajstić information content (AvgIpc) is 2.41. The predicted octanol–water partition coefficient (Wildman–Crippen LogP) is 2.45. The minimum atomic E-state index is -0.525. The Morgan fingerprint density at radius 1 is 1.47 bits per heavy atom. The van der Waals surface area contributed by atoms with Crippen molar-refractivity contribution in [1.29, 1.82) is 0 Å². The standard InChI is InChI=1S/C13H18BrNO3S/c1-17-13(16)12(15)5-7-19-8-6-18-11-4-2-3-10(14)9-11/h2-4,9,12H,5-8,15H2,1H3. The van der Waals surface area contributed by atoms with Gasteiger partial charge in [-0.15, -0.1) is 0 Å². The van der Waals surface area contributed by atoms with E-state index in [2.05, 4.69) is 20.7 Å². The van der Waals surface area contributed by atoms with E-state index in [4.69, 9.17) is 10.5 Å². The summed E-state index contributed by atoms with van der Waals surface area (Å²) in [5.74, 6) is 2.17. The van der Waals surface area contributed by atoms with E-state index in [0.717, 1.165) is 21.7 Å². The van der Waals surface area contributed by atoms with Gasteiger partial charge >= 0.3 is 5.97 Å². The first kappa shape index (κ1) is 16.3. The number of methoxy groups -OCH3 is 1. The maximum absolute atomic E-state index is 11.1. The first-order chi connectivity index (χ1) is 9.13. The summed E-state index contributed by atoms with van der Waals surface area (Å²) in [6.45, 7) is 0.634. The molecule has 0 bridgehead atoms. The molecule has 0 fully saturated rings. The zero-order valence-corrected chi connectivity index (χ0v) is 13.2. The van der Waals surface area contributed by atoms with Crippen molar-refractivity contribution >= 4 is 33.7 Å². The lowest BCUT2D eigenvalue weighted by molar-refractivity contribution is -0.142. The van der Waals surface area contributed by atoms with Crippen LogP contribution in [0.5, 0.6) is 5.75 Å². The van der Waals surface area contributed by atoms with Gasteiger partial charge in [-0.3, -0.25) is 4.79 Å². The fraction of sp³-hybridized carbons (Fsp3) is 0.462. The summed E-state index contributed by atoms with van der Waals surface area (Å²) in [6.07, 6.45) is 0.619. The third-order valence-electron chi connectivity index (χ3n) is 2.37. The molecule has 0 aliphatic rings. The van der Waals surface area contributed by atoms with Crippen molar-refractivity contribution in [2.75, 3.05) is 25.2 Å². The molecular weight excluding hydrogens is 330 g/mol. The molecule has 0 heterocycles. The summed E-state index contributed by atoms with van der Waals surface area (Å²) >= 11 is 5.10. The van der Waals surface area contributed by atoms with Crippen LogP contribution in [0.4, 0.5) is 0 Å². The van der Waals surface area contributed by atoms with Crippen molar-refractivity contribution in [1.82, 2.24) is 0 Å². The largest absolute Gasteiger partial charge is 0.493 e. The molecule has 0 spiro atoms. The number of hydrogen-bond acceptors (Lipinski definition) is 5. The van der Waals surface area contributed by atoms with E-state index in [9.17, 15) is 4.79 Å². The molecular formula is C13H18BrNO3S. The van der Waals surface area contributed by atoms with Crippen LogP contribution in [0, 0.1) is 0 Å². The Kier molecular flexibility index (Phi) is 7.93. The van der Waals surface area contributed by atoms with Gasteiger partial charge in [0.05, 0.1) is 13.7 Å². The highest BCUT2D eigenvalue weighted by atomic mass is 79.9. The number of thioether (sulfide) groups is 1. The second kappa shape index (κ2) is 9.23. The van der Waals surface area contributed by atoms with Crippen molar-refractivity contribution in [3.8, 4) is 5.75 Å². The molecule has 0 aliphatic carbocycles. The van der Waals surface area contributed by atoms with Gasteiger partial charge in [-0.1, -0.05) is 22.0 Å². The number of halogens is 1. The van der Waals surface area contributed by atoms with E-state index in [-0.39, 0.29) is 5.97 Å². The van der Waals surface area contributed by atoms with Gasteiger partial charge in [0.15, 0.2) is 0 Å². The van der Waals surface area contributed by atoms with Gasteiger partial charge in [0.25, 0.3) is 0 Å². The van der Waals surface area contributed by atoms with Gasteiger partial charge in [0, 0.05) is 10.2 Å². The average molecular weight is 348 g/mol. The Hall–Kier alpha value is -0.720. The van der Waals surface area contributed by atoms with Gasteiger partial charge in [0.1, 0.15) is 11.8 Å². The molecule has 1 aromatic rings. The van der Waals surface area contributed by atoms with E-state index in [1.165, 1.54) is 7.11 Å². The number of rotatable bonds is 8. The van der Waals surface area contributed by atoms with Crippen LogP contribution in [0.15, 0.2) is 28.7 Å². The monoisotopic (exact) mass is 347 g/mol. The fourth-order valence-corrected chi connectivity index (χ4v) is 2.56. The molecule has 0 saturated carbocycles. The molecule has 1 rings (SSSR count). The van der Waals surface area contributed by atoms with Gasteiger partial charge in [-0.05, 0) is 30.4 Å². The predicted molar refractivity (Wildman–Crippen MR) is 81.6 cm³/mol. The van der Waals surface area contributed by atoms with E-state index in [1.807, 2.05) is 24.3 Å². The van der Waals surface area contributed by atoms with Crippen LogP contribution in [0.25, 0.3) is 0 Å². The van der Waals surface area contributed by atoms with Crippen LogP contribution in [0.3, 0.4) is 0 Å². The molecule has 1 unspecified atom stereocenters. The Balaban J connectivity index is 2.07. The summed E-state index contributed by atoms with van der Waals surface area (Å²) < 4.78 is 11.1. The summed E-state index contributed by atoms with van der Waals surface area (Å²) in [5.41, 5.74) is 5.63. The van der Waals surface area contributed by atoms with Crippen LogP contribution >= 0.6 is 27.7 Å². The van der Waals surface area contributed by atoms with Gasteiger partial charge in [-0.2, -0.15) is 11.8 Å². The number of ether oxygens (including phenoxy) is 2. The summed E-state index contributed by atoms with van der Waals surface area (Å²) in [5, 5.41) is 0. The van der Waals surface area contributed by atoms with Crippen LogP contribution in [-0.4, -0.2) is 37.2 Å². The molecule has 2 N–H and O–H groups in total. The minimum Gasteiger partial charge on any atom is -0.493 e. The second-order valence-corrected chi connectivity index (χ2v) is 5.98. The lowest BCUT2D eigenvalue weighted by atomic mass is 10.2. The Labute approximate surface area is 126 Å². The SMILES string of the molecule is COC(=O)C(N)CCSCCOc1cccc(Br)c1. The Morgan fingerprint density at radius 2 is 2.26 bits per heavy atom. The first-order valence-electron chi connectivity index (χ1n) is 5.93. The van der Waals surface area contributed by atoms with E-state index < -0.39 is 6.04 Å². The Morgan fingerprint density at radius 3 is 2.95 bits per heavy atom. The van der Waals surface area contributed by atoms with Gasteiger partial charge < -0.3 is 15.2 Å². The van der Waals surface area contributed by atoms with E-state index >= 15 is 0 Å². The quantitative estimate of drug-likeness (QED) is 0.578. The maximum Gasteiger partial charge on any atom is 0.322 e. The molecule has 106 valence electrons. The van der Waals surface area contributed by atoms with Gasteiger partial charge in [-0.25, -0.2) is 0 Å². The van der Waals surface area contributed by atoms with Crippen molar-refractivity contribution in [3.63, 3.8) is 0 Å². The molecule has 4 nitrogen and oxygen atoms in total. The molecule has 0 amide bonds. The molecule has 0 radical (unpaired) electrons. The Bertz CT molecular complexity index is 403. The maximum atomic E-state index is 11.1. The number of carbonyl (C=O) groups excluding carboxylic acids is 1. The molecule has 1 aromatic carbocycles. The molecule has 0 aliphatic heterocycles. The number of nitrogens with two attached hydrogens (primary N) is 1. The van der Waals surface area contributed by atoms with Gasteiger partial charge in [0.2, 0.25) is 0 Å². The number of benzene rings is 1. The zero-order chi connectivity index (χ0) is 14.1. The van der Waals surface area contributed by atoms with Crippen LogP contribution in [0.1, 0.15) is 6.42 Å². The van der Waals surface area contributed by atoms with Crippen LogP contribution in [-0.2, 0) is 9.53 Å². The lowest BCUT2D eigenvalue weighted by Gasteiger charge is -2.09.